The molecule has 0 aromatic carbocycles. The van der Waals surface area contributed by atoms with Crippen molar-refractivity contribution in [1.29, 1.82) is 0 Å². The van der Waals surface area contributed by atoms with Crippen molar-refractivity contribution in [2.45, 2.75) is 226 Å². The highest BCUT2D eigenvalue weighted by molar-refractivity contribution is 7.46. The van der Waals surface area contributed by atoms with Crippen LogP contribution in [0.2, 0.25) is 0 Å². The third kappa shape index (κ3) is 45.1. The van der Waals surface area contributed by atoms with Crippen LogP contribution in [0.4, 0.5) is 0 Å². The van der Waals surface area contributed by atoms with E-state index in [4.69, 9.17) is 19.3 Å². The van der Waals surface area contributed by atoms with Crippen LogP contribution >= 0.6 is 7.82 Å². The lowest BCUT2D eigenvalue weighted by Crippen LogP contribution is -2.29. The average molecular weight is 839 g/mol. The standard InChI is InChI=1S/C48H87O9P/c1-4-44(2)38-34-30-26-22-18-14-10-7-5-6-8-12-17-21-25-29-33-37-41-48(51)57-46(43-56-58(52,53)54)42-55-47(50)40-36-32-28-24-20-16-13-9-11-15-19-23-27-31-35-39-45(3)49/h11,13,15-16,23-24,27-28,44-46,49H,4-10,12,14,17-22,25-26,29-43H2,1-3H3,(H2,52,53,54)/b15-11-,16-13-,27-23-,28-24-/t44?,45-,46-/m1/s1. The van der Waals surface area contributed by atoms with E-state index < -0.39 is 32.5 Å². The van der Waals surface area contributed by atoms with Gasteiger partial charge in [0, 0.05) is 12.8 Å². The van der Waals surface area contributed by atoms with Crippen LogP contribution in [0.25, 0.3) is 0 Å². The Morgan fingerprint density at radius 3 is 1.40 bits per heavy atom. The highest BCUT2D eigenvalue weighted by Gasteiger charge is 2.23. The summed E-state index contributed by atoms with van der Waals surface area (Å²) in [6.07, 6.45) is 48.3. The first-order valence-corrected chi connectivity index (χ1v) is 24.9. The smallest absolute Gasteiger partial charge is 0.462 e. The molecule has 58 heavy (non-hydrogen) atoms. The number of aliphatic hydroxyl groups is 1. The summed E-state index contributed by atoms with van der Waals surface area (Å²) >= 11 is 0. The first-order valence-electron chi connectivity index (χ1n) is 23.4. The molecule has 0 spiro atoms. The zero-order valence-electron chi connectivity index (χ0n) is 37.2. The second-order valence-corrected chi connectivity index (χ2v) is 17.5. The summed E-state index contributed by atoms with van der Waals surface area (Å²) < 4.78 is 26.4. The van der Waals surface area contributed by atoms with Crippen LogP contribution in [0, 0.1) is 5.92 Å². The Hall–Kier alpha value is -2.03. The number of carbonyl (C=O) groups excluding carboxylic acids is 2. The van der Waals surface area contributed by atoms with Crippen molar-refractivity contribution in [2.24, 2.45) is 5.92 Å². The van der Waals surface area contributed by atoms with E-state index in [1.165, 1.54) is 103 Å². The molecule has 0 rings (SSSR count). The normalized spacial score (nSPS) is 14.0. The van der Waals surface area contributed by atoms with Crippen LogP contribution in [0.5, 0.6) is 0 Å². The summed E-state index contributed by atoms with van der Waals surface area (Å²) in [7, 11) is -4.78. The molecule has 3 atom stereocenters. The lowest BCUT2D eigenvalue weighted by Gasteiger charge is -2.18. The molecule has 0 aliphatic rings. The van der Waals surface area contributed by atoms with Crippen LogP contribution in [-0.4, -0.2) is 52.3 Å². The molecule has 0 amide bonds. The third-order valence-corrected chi connectivity index (χ3v) is 10.9. The first kappa shape index (κ1) is 56.0. The molecule has 0 saturated heterocycles. The van der Waals surface area contributed by atoms with Gasteiger partial charge in [0.1, 0.15) is 6.61 Å². The molecule has 0 aromatic heterocycles. The van der Waals surface area contributed by atoms with Crippen molar-refractivity contribution >= 4 is 19.8 Å². The van der Waals surface area contributed by atoms with Gasteiger partial charge in [-0.15, -0.1) is 0 Å². The van der Waals surface area contributed by atoms with Crippen LogP contribution in [0.3, 0.4) is 0 Å². The number of carbonyl (C=O) groups is 2. The molecule has 0 radical (unpaired) electrons. The van der Waals surface area contributed by atoms with Gasteiger partial charge in [-0.05, 0) is 70.6 Å². The molecule has 338 valence electrons. The Morgan fingerprint density at radius 2 is 0.948 bits per heavy atom. The van der Waals surface area contributed by atoms with Gasteiger partial charge in [0.2, 0.25) is 0 Å². The Kier molecular flexibility index (Phi) is 40.2. The van der Waals surface area contributed by atoms with Gasteiger partial charge in [-0.3, -0.25) is 14.1 Å². The number of hydrogen-bond donors (Lipinski definition) is 3. The zero-order chi connectivity index (χ0) is 42.8. The molecule has 9 nitrogen and oxygen atoms in total. The van der Waals surface area contributed by atoms with Crippen LogP contribution in [0.15, 0.2) is 48.6 Å². The molecule has 0 bridgehead atoms. The number of hydrogen-bond acceptors (Lipinski definition) is 7. The fraction of sp³-hybridized carbons (Fsp3) is 0.792. The minimum atomic E-state index is -4.78. The number of rotatable bonds is 42. The molecule has 10 heteroatoms. The van der Waals surface area contributed by atoms with Crippen molar-refractivity contribution in [3.63, 3.8) is 0 Å². The van der Waals surface area contributed by atoms with Gasteiger partial charge < -0.3 is 24.4 Å². The fourth-order valence-electron chi connectivity index (χ4n) is 6.54. The zero-order valence-corrected chi connectivity index (χ0v) is 38.1. The summed E-state index contributed by atoms with van der Waals surface area (Å²) in [5, 5.41) is 9.26. The Morgan fingerprint density at radius 1 is 0.534 bits per heavy atom. The molecular formula is C48H87O9P. The predicted molar refractivity (Wildman–Crippen MR) is 240 cm³/mol. The van der Waals surface area contributed by atoms with E-state index >= 15 is 0 Å². The largest absolute Gasteiger partial charge is 0.469 e. The van der Waals surface area contributed by atoms with Gasteiger partial charge in [0.15, 0.2) is 6.10 Å². The average Bonchev–Trinajstić information content (AvgIpc) is 3.18. The highest BCUT2D eigenvalue weighted by Crippen LogP contribution is 2.36. The summed E-state index contributed by atoms with van der Waals surface area (Å²) in [6.45, 7) is 5.60. The SMILES string of the molecule is CCC(C)CCCCCCCCCCCCCCCCCCCCC(=O)O[C@H](COC(=O)CCC/C=C\C/C=C\C/C=C\C/C=C\CCC[C@@H](C)O)COP(=O)(O)O. The first-order chi connectivity index (χ1) is 28.0. The molecule has 3 N–H and O–H groups in total. The number of phosphoric acid groups is 1. The van der Waals surface area contributed by atoms with E-state index in [2.05, 4.69) is 60.9 Å². The second-order valence-electron chi connectivity index (χ2n) is 16.3. The predicted octanol–water partition coefficient (Wildman–Crippen LogP) is 13.5. The number of ether oxygens (including phenoxy) is 2. The van der Waals surface area contributed by atoms with Crippen LogP contribution in [0.1, 0.15) is 213 Å². The number of phosphoric ester groups is 1. The summed E-state index contributed by atoms with van der Waals surface area (Å²) in [4.78, 5) is 42.9. The molecule has 0 saturated carbocycles. The van der Waals surface area contributed by atoms with E-state index in [1.54, 1.807) is 0 Å². The van der Waals surface area contributed by atoms with Gasteiger partial charge in [0.05, 0.1) is 12.7 Å². The summed E-state index contributed by atoms with van der Waals surface area (Å²) in [5.41, 5.74) is 0. The Bertz CT molecular complexity index is 1110. The topological polar surface area (TPSA) is 140 Å². The van der Waals surface area contributed by atoms with Crippen LogP contribution in [-0.2, 0) is 28.2 Å². The van der Waals surface area contributed by atoms with E-state index in [-0.39, 0.29) is 25.6 Å². The fourth-order valence-corrected chi connectivity index (χ4v) is 6.90. The van der Waals surface area contributed by atoms with E-state index in [1.807, 2.05) is 13.0 Å². The molecule has 0 aliphatic heterocycles. The highest BCUT2D eigenvalue weighted by atomic mass is 31.2. The monoisotopic (exact) mass is 839 g/mol. The van der Waals surface area contributed by atoms with Gasteiger partial charge >= 0.3 is 19.8 Å². The Labute approximate surface area is 355 Å². The third-order valence-electron chi connectivity index (χ3n) is 10.4. The molecule has 0 aromatic rings. The maximum absolute atomic E-state index is 12.4. The minimum absolute atomic E-state index is 0.180. The van der Waals surface area contributed by atoms with Gasteiger partial charge in [-0.2, -0.15) is 0 Å². The number of unbranched alkanes of at least 4 members (excludes halogenated alkanes) is 19. The lowest BCUT2D eigenvalue weighted by atomic mass is 9.99. The van der Waals surface area contributed by atoms with Crippen molar-refractivity contribution in [3.8, 4) is 0 Å². The van der Waals surface area contributed by atoms with Gasteiger partial charge in [0.25, 0.3) is 0 Å². The molecule has 0 heterocycles. The van der Waals surface area contributed by atoms with Gasteiger partial charge in [-0.1, -0.05) is 184 Å². The quantitative estimate of drug-likeness (QED) is 0.0237. The minimum Gasteiger partial charge on any atom is -0.462 e. The number of aliphatic hydroxyl groups excluding tert-OH is 1. The maximum Gasteiger partial charge on any atom is 0.469 e. The van der Waals surface area contributed by atoms with E-state index in [9.17, 15) is 19.3 Å². The van der Waals surface area contributed by atoms with Crippen LogP contribution < -0.4 is 0 Å². The number of esters is 2. The maximum atomic E-state index is 12.4. The summed E-state index contributed by atoms with van der Waals surface area (Å²) in [6, 6.07) is 0. The van der Waals surface area contributed by atoms with Crippen molar-refractivity contribution in [1.82, 2.24) is 0 Å². The molecule has 0 aliphatic carbocycles. The van der Waals surface area contributed by atoms with Gasteiger partial charge in [-0.25, -0.2) is 4.57 Å². The van der Waals surface area contributed by atoms with E-state index in [0.717, 1.165) is 63.7 Å². The van der Waals surface area contributed by atoms with Crippen molar-refractivity contribution < 1.29 is 43.0 Å². The second kappa shape index (κ2) is 41.7. The lowest BCUT2D eigenvalue weighted by molar-refractivity contribution is -0.161. The number of allylic oxidation sites excluding steroid dienone is 8. The summed E-state index contributed by atoms with van der Waals surface area (Å²) in [5.74, 6) is -0.0662. The van der Waals surface area contributed by atoms with Crippen molar-refractivity contribution in [2.75, 3.05) is 13.2 Å². The Balaban J connectivity index is 3.92. The van der Waals surface area contributed by atoms with Crippen molar-refractivity contribution in [3.05, 3.63) is 48.6 Å². The molecular weight excluding hydrogens is 751 g/mol. The molecule has 1 unspecified atom stereocenters. The molecule has 0 fully saturated rings. The van der Waals surface area contributed by atoms with E-state index in [0.29, 0.717) is 19.3 Å².